The van der Waals surface area contributed by atoms with Gasteiger partial charge >= 0.3 is 0 Å². The summed E-state index contributed by atoms with van der Waals surface area (Å²) in [5, 5.41) is 0. The van der Waals surface area contributed by atoms with Gasteiger partial charge in [-0.1, -0.05) is 18.5 Å². The molecule has 0 aliphatic carbocycles. The van der Waals surface area contributed by atoms with Crippen molar-refractivity contribution >= 4 is 34.1 Å². The first-order valence-electron chi connectivity index (χ1n) is 2.79. The molecule has 0 N–H and O–H groups in total. The van der Waals surface area contributed by atoms with Gasteiger partial charge < -0.3 is 0 Å². The molecule has 0 heterocycles. The summed E-state index contributed by atoms with van der Waals surface area (Å²) in [4.78, 5) is -1.09. The lowest BCUT2D eigenvalue weighted by Gasteiger charge is -2.12. The van der Waals surface area contributed by atoms with Crippen molar-refractivity contribution in [2.75, 3.05) is 6.54 Å². The molecule has 3 nitrogen and oxygen atoms in total. The molecule has 0 aromatic heterocycles. The van der Waals surface area contributed by atoms with Crippen LogP contribution in [0.3, 0.4) is 0 Å². The van der Waals surface area contributed by atoms with Gasteiger partial charge in [0.1, 0.15) is 0 Å². The molecular formula is C4H9Cl2NO2S. The zero-order valence-electron chi connectivity index (χ0n) is 5.46. The first-order chi connectivity index (χ1) is 4.59. The van der Waals surface area contributed by atoms with Crippen LogP contribution in [0.4, 0.5) is 0 Å². The van der Waals surface area contributed by atoms with Crippen LogP contribution in [0, 0.1) is 0 Å². The number of rotatable bonds is 4. The maximum Gasteiger partial charge on any atom is 0.198 e. The fraction of sp³-hybridized carbons (Fsp3) is 1.00. The Kier molecular flexibility index (Phi) is 5.44. The molecule has 1 unspecified atom stereocenters. The Labute approximate surface area is 72.0 Å². The lowest BCUT2D eigenvalue weighted by atomic mass is 10.5. The van der Waals surface area contributed by atoms with Crippen molar-refractivity contribution in [3.05, 3.63) is 0 Å². The van der Waals surface area contributed by atoms with E-state index in [1.807, 2.05) is 6.92 Å². The van der Waals surface area contributed by atoms with Gasteiger partial charge in [0.25, 0.3) is 0 Å². The topological polar surface area (TPSA) is 37.4 Å². The molecule has 0 amide bonds. The Morgan fingerprint density at radius 3 is 2.40 bits per heavy atom. The van der Waals surface area contributed by atoms with E-state index in [1.54, 1.807) is 0 Å². The van der Waals surface area contributed by atoms with Crippen molar-refractivity contribution in [1.29, 1.82) is 0 Å². The van der Waals surface area contributed by atoms with Crippen LogP contribution >= 0.6 is 23.4 Å². The number of halogens is 2. The molecular weight excluding hydrogens is 197 g/mol. The molecule has 0 saturated carbocycles. The Balaban J connectivity index is 3.81. The minimum atomic E-state index is -2.65. The molecule has 0 aromatic rings. The Morgan fingerprint density at radius 1 is 1.60 bits per heavy atom. The van der Waals surface area contributed by atoms with E-state index in [1.165, 1.54) is 0 Å². The van der Waals surface area contributed by atoms with Crippen molar-refractivity contribution in [3.63, 3.8) is 0 Å². The summed E-state index contributed by atoms with van der Waals surface area (Å²) in [5.41, 5.74) is 0. The Bertz CT molecular complexity index is 153. The second kappa shape index (κ2) is 5.18. The average Bonchev–Trinajstić information content (AvgIpc) is 1.87. The summed E-state index contributed by atoms with van der Waals surface area (Å²) in [6.45, 7) is 2.36. The van der Waals surface area contributed by atoms with Crippen LogP contribution in [0.15, 0.2) is 0 Å². The van der Waals surface area contributed by atoms with Crippen LogP contribution < -0.4 is 0 Å². The third-order valence-corrected chi connectivity index (χ3v) is 2.78. The lowest BCUT2D eigenvalue weighted by Crippen LogP contribution is -2.23. The first-order valence-corrected chi connectivity index (χ1v) is 4.81. The molecule has 62 valence electrons. The maximum atomic E-state index is 10.2. The summed E-state index contributed by atoms with van der Waals surface area (Å²) in [6, 6.07) is 0. The van der Waals surface area contributed by atoms with Crippen LogP contribution in [-0.4, -0.2) is 24.2 Å². The molecule has 1 atom stereocenters. The van der Waals surface area contributed by atoms with Gasteiger partial charge in [0.15, 0.2) is 15.5 Å². The average molecular weight is 206 g/mol. The van der Waals surface area contributed by atoms with Crippen molar-refractivity contribution in [1.82, 2.24) is 4.42 Å². The molecule has 0 aliphatic rings. The van der Waals surface area contributed by atoms with Gasteiger partial charge in [-0.3, -0.25) is 0 Å². The first kappa shape index (κ1) is 10.5. The zero-order valence-corrected chi connectivity index (χ0v) is 7.86. The van der Waals surface area contributed by atoms with Gasteiger partial charge in [-0.05, 0) is 18.2 Å². The summed E-state index contributed by atoms with van der Waals surface area (Å²) >= 11 is 10.8. The Hall–Kier alpha value is 0.490. The molecule has 0 aliphatic heterocycles. The zero-order chi connectivity index (χ0) is 8.15. The van der Waals surface area contributed by atoms with Crippen molar-refractivity contribution in [2.24, 2.45) is 0 Å². The van der Waals surface area contributed by atoms with E-state index in [9.17, 15) is 8.42 Å². The normalized spacial score (nSPS) is 14.5. The van der Waals surface area contributed by atoms with E-state index in [0.717, 1.165) is 10.8 Å². The highest BCUT2D eigenvalue weighted by atomic mass is 35.5. The predicted molar refractivity (Wildman–Crippen MR) is 42.8 cm³/mol. The molecule has 0 saturated heterocycles. The summed E-state index contributed by atoms with van der Waals surface area (Å²) in [7, 11) is -2.65. The van der Waals surface area contributed by atoms with Gasteiger partial charge in [-0.15, -0.1) is 0 Å². The highest BCUT2D eigenvalue weighted by Crippen LogP contribution is 2.08. The number of alkyl halides is 1. The largest absolute Gasteiger partial charge is 0.229 e. The van der Waals surface area contributed by atoms with Gasteiger partial charge in [0.05, 0.1) is 0 Å². The van der Waals surface area contributed by atoms with Gasteiger partial charge in [0, 0.05) is 6.54 Å². The van der Waals surface area contributed by atoms with Crippen LogP contribution in [0.5, 0.6) is 0 Å². The van der Waals surface area contributed by atoms with Crippen LogP contribution in [0.1, 0.15) is 13.3 Å². The molecule has 0 spiro atoms. The highest BCUT2D eigenvalue weighted by Gasteiger charge is 2.14. The van der Waals surface area contributed by atoms with E-state index < -0.39 is 15.5 Å². The minimum absolute atomic E-state index is 0.471. The predicted octanol–water partition coefficient (Wildman–Crippen LogP) is 0.986. The lowest BCUT2D eigenvalue weighted by molar-refractivity contribution is 0.478. The van der Waals surface area contributed by atoms with Crippen LogP contribution in [0.2, 0.25) is 0 Å². The molecule has 0 rings (SSSR count). The molecule has 10 heavy (non-hydrogen) atoms. The second-order valence-electron chi connectivity index (χ2n) is 1.72. The van der Waals surface area contributed by atoms with Gasteiger partial charge in [-0.25, -0.2) is 8.42 Å². The summed E-state index contributed by atoms with van der Waals surface area (Å²) < 4.78 is 21.5. The SMILES string of the molecule is CCCN(Cl)C(Cl)[SH](=O)=O. The molecule has 0 bridgehead atoms. The minimum Gasteiger partial charge on any atom is -0.229 e. The van der Waals surface area contributed by atoms with Crippen LogP contribution in [0.25, 0.3) is 0 Å². The number of nitrogens with zero attached hydrogens (tertiary/aromatic N) is 1. The maximum absolute atomic E-state index is 10.2. The number of thiol groups is 1. The van der Waals surface area contributed by atoms with Crippen LogP contribution in [-0.2, 0) is 10.7 Å². The van der Waals surface area contributed by atoms with Crippen molar-refractivity contribution in [2.45, 2.75) is 18.2 Å². The summed E-state index contributed by atoms with van der Waals surface area (Å²) in [5.74, 6) is 0. The van der Waals surface area contributed by atoms with Gasteiger partial charge in [-0.2, -0.15) is 4.42 Å². The Morgan fingerprint density at radius 2 is 2.10 bits per heavy atom. The third-order valence-electron chi connectivity index (χ3n) is 0.842. The van der Waals surface area contributed by atoms with E-state index in [-0.39, 0.29) is 0 Å². The number of hydrogen-bond donors (Lipinski definition) is 1. The molecule has 0 aromatic carbocycles. The third kappa shape index (κ3) is 3.61. The summed E-state index contributed by atoms with van der Waals surface area (Å²) in [6.07, 6.45) is 0.774. The quantitative estimate of drug-likeness (QED) is 0.322. The van der Waals surface area contributed by atoms with E-state index in [4.69, 9.17) is 23.4 Å². The molecule has 0 radical (unpaired) electrons. The fourth-order valence-electron chi connectivity index (χ4n) is 0.422. The highest BCUT2D eigenvalue weighted by molar-refractivity contribution is 7.74. The van der Waals surface area contributed by atoms with Gasteiger partial charge in [0.2, 0.25) is 0 Å². The van der Waals surface area contributed by atoms with Crippen molar-refractivity contribution < 1.29 is 8.42 Å². The van der Waals surface area contributed by atoms with E-state index in [0.29, 0.717) is 6.54 Å². The van der Waals surface area contributed by atoms with E-state index in [2.05, 4.69) is 0 Å². The monoisotopic (exact) mass is 205 g/mol. The van der Waals surface area contributed by atoms with E-state index >= 15 is 0 Å². The second-order valence-corrected chi connectivity index (χ2v) is 3.93. The molecule has 0 fully saturated rings. The fourth-order valence-corrected chi connectivity index (χ4v) is 1.22. The molecule has 6 heteroatoms. The number of hydrogen-bond acceptors (Lipinski definition) is 3. The smallest absolute Gasteiger partial charge is 0.198 e. The van der Waals surface area contributed by atoms with Crippen molar-refractivity contribution in [3.8, 4) is 0 Å². The standard InChI is InChI=1S/C4H9Cl2NO2S/c1-2-3-7(6)4(5)10(8)9/h4,10H,2-3H2,1H3.